The van der Waals surface area contributed by atoms with Crippen molar-refractivity contribution >= 4 is 5.91 Å². The molecule has 1 aliphatic heterocycles. The van der Waals surface area contributed by atoms with E-state index in [1.54, 1.807) is 24.3 Å². The summed E-state index contributed by atoms with van der Waals surface area (Å²) in [4.78, 5) is 17.8. The molecule has 1 fully saturated rings. The number of nitrogens with zero attached hydrogens (tertiary/aromatic N) is 2. The van der Waals surface area contributed by atoms with Crippen LogP contribution in [0.15, 0.2) is 78.9 Å². The quantitative estimate of drug-likeness (QED) is 0.435. The molecule has 1 aliphatic rings. The van der Waals surface area contributed by atoms with E-state index >= 15 is 0 Å². The van der Waals surface area contributed by atoms with E-state index in [2.05, 4.69) is 36.2 Å². The van der Waals surface area contributed by atoms with Gasteiger partial charge in [0.1, 0.15) is 11.6 Å². The van der Waals surface area contributed by atoms with Crippen molar-refractivity contribution in [3.8, 4) is 0 Å². The Labute approximate surface area is 212 Å². The van der Waals surface area contributed by atoms with Crippen molar-refractivity contribution in [3.63, 3.8) is 0 Å². The molecule has 4 nitrogen and oxygen atoms in total. The van der Waals surface area contributed by atoms with Crippen molar-refractivity contribution in [2.45, 2.75) is 38.9 Å². The monoisotopic (exact) mass is 491 g/mol. The number of rotatable bonds is 9. The summed E-state index contributed by atoms with van der Waals surface area (Å²) >= 11 is 0. The molecule has 0 bridgehead atoms. The second-order valence-electron chi connectivity index (χ2n) is 9.92. The van der Waals surface area contributed by atoms with Gasteiger partial charge in [-0.3, -0.25) is 9.69 Å². The summed E-state index contributed by atoms with van der Waals surface area (Å²) in [5.74, 6) is -0.0401. The SMILES string of the molecule is CC(C)C[C@H](NCc1ccccc1)C(=O)N1CCN(C(c2ccc(F)cc2)c2ccc(F)cc2)CC1. The molecule has 1 heterocycles. The maximum atomic E-state index is 13.6. The van der Waals surface area contributed by atoms with Crippen LogP contribution in [0, 0.1) is 17.6 Å². The predicted octanol–water partition coefficient (Wildman–Crippen LogP) is 5.40. The van der Waals surface area contributed by atoms with E-state index in [4.69, 9.17) is 0 Å². The van der Waals surface area contributed by atoms with Gasteiger partial charge in [-0.25, -0.2) is 8.78 Å². The average Bonchev–Trinajstić information content (AvgIpc) is 2.89. The first kappa shape index (κ1) is 26.0. The number of benzene rings is 3. The fraction of sp³-hybridized carbons (Fsp3) is 0.367. The van der Waals surface area contributed by atoms with Gasteiger partial charge < -0.3 is 10.2 Å². The Morgan fingerprint density at radius 2 is 1.33 bits per heavy atom. The van der Waals surface area contributed by atoms with Gasteiger partial charge in [-0.1, -0.05) is 68.4 Å². The third-order valence-corrected chi connectivity index (χ3v) is 6.76. The number of carbonyl (C=O) groups excluding carboxylic acids is 1. The Hall–Kier alpha value is -3.09. The minimum Gasteiger partial charge on any atom is -0.339 e. The Morgan fingerprint density at radius 3 is 1.83 bits per heavy atom. The van der Waals surface area contributed by atoms with Crippen LogP contribution >= 0.6 is 0 Å². The van der Waals surface area contributed by atoms with Crippen LogP contribution in [0.25, 0.3) is 0 Å². The summed E-state index contributed by atoms with van der Waals surface area (Å²) in [6.45, 7) is 7.51. The molecular formula is C30H35F2N3O. The van der Waals surface area contributed by atoms with Crippen LogP contribution in [0.2, 0.25) is 0 Å². The zero-order valence-corrected chi connectivity index (χ0v) is 21.0. The zero-order valence-electron chi connectivity index (χ0n) is 21.0. The number of nitrogens with one attached hydrogen (secondary N) is 1. The molecule has 1 N–H and O–H groups in total. The Kier molecular flexibility index (Phi) is 8.83. The lowest BCUT2D eigenvalue weighted by atomic mass is 9.96. The molecule has 1 saturated heterocycles. The number of hydrogen-bond donors (Lipinski definition) is 1. The highest BCUT2D eigenvalue weighted by Crippen LogP contribution is 2.30. The van der Waals surface area contributed by atoms with Crippen molar-refractivity contribution in [1.82, 2.24) is 15.1 Å². The van der Waals surface area contributed by atoms with E-state index in [9.17, 15) is 13.6 Å². The smallest absolute Gasteiger partial charge is 0.239 e. The van der Waals surface area contributed by atoms with Crippen LogP contribution in [0.5, 0.6) is 0 Å². The Morgan fingerprint density at radius 1 is 0.806 bits per heavy atom. The molecule has 0 aromatic heterocycles. The molecule has 3 aromatic rings. The predicted molar refractivity (Wildman–Crippen MR) is 139 cm³/mol. The summed E-state index contributed by atoms with van der Waals surface area (Å²) in [5, 5.41) is 3.48. The Balaban J connectivity index is 1.45. The van der Waals surface area contributed by atoms with Crippen LogP contribution in [0.1, 0.15) is 43.0 Å². The molecule has 3 aromatic carbocycles. The molecule has 1 amide bonds. The Bertz CT molecular complexity index is 1050. The second-order valence-corrected chi connectivity index (χ2v) is 9.92. The zero-order chi connectivity index (χ0) is 25.5. The van der Waals surface area contributed by atoms with Crippen LogP contribution < -0.4 is 5.32 Å². The van der Waals surface area contributed by atoms with Gasteiger partial charge in [-0.2, -0.15) is 0 Å². The van der Waals surface area contributed by atoms with Crippen molar-refractivity contribution in [2.75, 3.05) is 26.2 Å². The third kappa shape index (κ3) is 6.77. The first-order valence-corrected chi connectivity index (χ1v) is 12.7. The van der Waals surface area contributed by atoms with Crippen molar-refractivity contribution in [1.29, 1.82) is 0 Å². The minimum atomic E-state index is -0.286. The highest BCUT2D eigenvalue weighted by atomic mass is 19.1. The van der Waals surface area contributed by atoms with Crippen LogP contribution in [0.3, 0.4) is 0 Å². The lowest BCUT2D eigenvalue weighted by molar-refractivity contribution is -0.136. The molecular weight excluding hydrogens is 456 g/mol. The molecule has 0 unspecified atom stereocenters. The summed E-state index contributed by atoms with van der Waals surface area (Å²) in [5.41, 5.74) is 3.06. The van der Waals surface area contributed by atoms with E-state index in [-0.39, 0.29) is 29.6 Å². The van der Waals surface area contributed by atoms with E-state index in [1.807, 2.05) is 23.1 Å². The molecule has 36 heavy (non-hydrogen) atoms. The van der Waals surface area contributed by atoms with Crippen LogP contribution in [-0.2, 0) is 11.3 Å². The lowest BCUT2D eigenvalue weighted by Crippen LogP contribution is -2.54. The lowest BCUT2D eigenvalue weighted by Gasteiger charge is -2.41. The largest absolute Gasteiger partial charge is 0.339 e. The first-order valence-electron chi connectivity index (χ1n) is 12.7. The standard InChI is InChI=1S/C30H35F2N3O/c1-22(2)20-28(33-21-23-6-4-3-5-7-23)30(36)35-18-16-34(17-19-35)29(24-8-12-26(31)13-9-24)25-10-14-27(32)15-11-25/h3-15,22,28-29,33H,16-21H2,1-2H3/t28-/m0/s1. The normalized spacial score (nSPS) is 15.4. The summed E-state index contributed by atoms with van der Waals surface area (Å²) < 4.78 is 27.2. The molecule has 4 rings (SSSR count). The van der Waals surface area contributed by atoms with Gasteiger partial charge >= 0.3 is 0 Å². The molecule has 0 radical (unpaired) electrons. The van der Waals surface area contributed by atoms with Crippen molar-refractivity contribution in [3.05, 3.63) is 107 Å². The number of piperazine rings is 1. The number of halogens is 2. The van der Waals surface area contributed by atoms with Gasteiger partial charge in [-0.05, 0) is 53.3 Å². The van der Waals surface area contributed by atoms with Crippen LogP contribution in [-0.4, -0.2) is 47.9 Å². The second kappa shape index (κ2) is 12.2. The fourth-order valence-electron chi connectivity index (χ4n) is 4.90. The molecule has 190 valence electrons. The first-order chi connectivity index (χ1) is 17.4. The fourth-order valence-corrected chi connectivity index (χ4v) is 4.90. The number of hydrogen-bond acceptors (Lipinski definition) is 3. The molecule has 0 spiro atoms. The minimum absolute atomic E-state index is 0.133. The highest BCUT2D eigenvalue weighted by Gasteiger charge is 2.31. The topological polar surface area (TPSA) is 35.6 Å². The van der Waals surface area contributed by atoms with E-state index in [0.717, 1.165) is 23.1 Å². The summed E-state index contributed by atoms with van der Waals surface area (Å²) in [6.07, 6.45) is 0.777. The highest BCUT2D eigenvalue weighted by molar-refractivity contribution is 5.82. The van der Waals surface area contributed by atoms with Crippen LogP contribution in [0.4, 0.5) is 8.78 Å². The summed E-state index contributed by atoms with van der Waals surface area (Å²) in [6, 6.07) is 22.7. The average molecular weight is 492 g/mol. The summed E-state index contributed by atoms with van der Waals surface area (Å²) in [7, 11) is 0. The molecule has 1 atom stereocenters. The van der Waals surface area contributed by atoms with E-state index in [0.29, 0.717) is 38.6 Å². The molecule has 0 saturated carbocycles. The van der Waals surface area contributed by atoms with E-state index in [1.165, 1.54) is 24.3 Å². The van der Waals surface area contributed by atoms with Gasteiger partial charge in [0.05, 0.1) is 12.1 Å². The van der Waals surface area contributed by atoms with Crippen molar-refractivity contribution in [2.24, 2.45) is 5.92 Å². The number of amides is 1. The maximum absolute atomic E-state index is 13.6. The van der Waals surface area contributed by atoms with E-state index < -0.39 is 0 Å². The molecule has 0 aliphatic carbocycles. The van der Waals surface area contributed by atoms with Gasteiger partial charge in [-0.15, -0.1) is 0 Å². The van der Waals surface area contributed by atoms with Gasteiger partial charge in [0.2, 0.25) is 5.91 Å². The third-order valence-electron chi connectivity index (χ3n) is 6.76. The maximum Gasteiger partial charge on any atom is 0.239 e. The van der Waals surface area contributed by atoms with Gasteiger partial charge in [0.15, 0.2) is 0 Å². The molecule has 6 heteroatoms. The number of carbonyl (C=O) groups is 1. The van der Waals surface area contributed by atoms with Gasteiger partial charge in [0, 0.05) is 32.7 Å². The van der Waals surface area contributed by atoms with Gasteiger partial charge in [0.25, 0.3) is 0 Å². The van der Waals surface area contributed by atoms with Crippen molar-refractivity contribution < 1.29 is 13.6 Å².